The van der Waals surface area contributed by atoms with Gasteiger partial charge < -0.3 is 14.8 Å². The van der Waals surface area contributed by atoms with Crippen LogP contribution in [0.5, 0.6) is 5.75 Å². The maximum Gasteiger partial charge on any atom is 0.411 e. The SMILES string of the molecule is CNC(COCC(F)(F)F)c1cc(Cl)cc2c1OCC2. The first-order valence-corrected chi connectivity index (χ1v) is 6.55. The summed E-state index contributed by atoms with van der Waals surface area (Å²) in [6.07, 6.45) is -3.58. The van der Waals surface area contributed by atoms with Crippen molar-refractivity contribution in [2.75, 3.05) is 26.9 Å². The highest BCUT2D eigenvalue weighted by molar-refractivity contribution is 6.30. The van der Waals surface area contributed by atoms with Gasteiger partial charge in [-0.2, -0.15) is 13.2 Å². The van der Waals surface area contributed by atoms with Gasteiger partial charge in [-0.1, -0.05) is 11.6 Å². The van der Waals surface area contributed by atoms with Crippen LogP contribution in [0.3, 0.4) is 0 Å². The summed E-state index contributed by atoms with van der Waals surface area (Å²) in [7, 11) is 1.66. The molecule has 0 saturated carbocycles. The van der Waals surface area contributed by atoms with E-state index in [2.05, 4.69) is 5.32 Å². The lowest BCUT2D eigenvalue weighted by atomic mass is 10.0. The molecule has 0 spiro atoms. The van der Waals surface area contributed by atoms with E-state index in [1.165, 1.54) is 0 Å². The first-order chi connectivity index (χ1) is 9.40. The zero-order chi connectivity index (χ0) is 14.8. The van der Waals surface area contributed by atoms with E-state index in [0.717, 1.165) is 17.5 Å². The maximum atomic E-state index is 12.1. The van der Waals surface area contributed by atoms with Crippen molar-refractivity contribution >= 4 is 11.6 Å². The molecule has 3 nitrogen and oxygen atoms in total. The van der Waals surface area contributed by atoms with Crippen molar-refractivity contribution in [3.05, 3.63) is 28.3 Å². The predicted octanol–water partition coefficient (Wildman–Crippen LogP) is 3.11. The number of halogens is 4. The van der Waals surface area contributed by atoms with E-state index >= 15 is 0 Å². The first kappa shape index (κ1) is 15.4. The normalized spacial score (nSPS) is 15.8. The zero-order valence-corrected chi connectivity index (χ0v) is 11.6. The highest BCUT2D eigenvalue weighted by Crippen LogP contribution is 2.36. The van der Waals surface area contributed by atoms with E-state index in [0.29, 0.717) is 17.4 Å². The minimum atomic E-state index is -4.33. The third-order valence-corrected chi connectivity index (χ3v) is 3.27. The summed E-state index contributed by atoms with van der Waals surface area (Å²) in [6, 6.07) is 3.11. The summed E-state index contributed by atoms with van der Waals surface area (Å²) in [4.78, 5) is 0. The van der Waals surface area contributed by atoms with E-state index in [4.69, 9.17) is 21.1 Å². The van der Waals surface area contributed by atoms with Crippen LogP contribution in [0.2, 0.25) is 5.02 Å². The Bertz CT molecular complexity index is 479. The average molecular weight is 310 g/mol. The molecule has 0 aliphatic carbocycles. The molecule has 0 amide bonds. The van der Waals surface area contributed by atoms with Gasteiger partial charge in [0.05, 0.1) is 19.3 Å². The molecule has 0 saturated heterocycles. The Morgan fingerprint density at radius 1 is 1.45 bits per heavy atom. The van der Waals surface area contributed by atoms with Crippen LogP contribution in [0.25, 0.3) is 0 Å². The van der Waals surface area contributed by atoms with Crippen molar-refractivity contribution in [2.45, 2.75) is 18.6 Å². The molecular weight excluding hydrogens is 295 g/mol. The van der Waals surface area contributed by atoms with Gasteiger partial charge in [0.1, 0.15) is 12.4 Å². The van der Waals surface area contributed by atoms with E-state index in [1.807, 2.05) is 6.07 Å². The smallest absolute Gasteiger partial charge is 0.411 e. The van der Waals surface area contributed by atoms with Crippen molar-refractivity contribution in [3.8, 4) is 5.75 Å². The Morgan fingerprint density at radius 2 is 2.20 bits per heavy atom. The summed E-state index contributed by atoms with van der Waals surface area (Å²) in [5, 5.41) is 3.47. The Kier molecular flexibility index (Phi) is 4.78. The number of alkyl halides is 3. The number of fused-ring (bicyclic) bond motifs is 1. The topological polar surface area (TPSA) is 30.5 Å². The first-order valence-electron chi connectivity index (χ1n) is 6.17. The molecule has 7 heteroatoms. The largest absolute Gasteiger partial charge is 0.493 e. The lowest BCUT2D eigenvalue weighted by Gasteiger charge is -2.20. The van der Waals surface area contributed by atoms with E-state index in [9.17, 15) is 13.2 Å². The molecule has 112 valence electrons. The minimum absolute atomic E-state index is 0.105. The van der Waals surface area contributed by atoms with Gasteiger partial charge >= 0.3 is 6.18 Å². The molecule has 1 N–H and O–H groups in total. The number of likely N-dealkylation sites (N-methyl/N-ethyl adjacent to an activating group) is 1. The van der Waals surface area contributed by atoms with Gasteiger partial charge in [0.2, 0.25) is 0 Å². The van der Waals surface area contributed by atoms with Gasteiger partial charge in [-0.25, -0.2) is 0 Å². The molecular formula is C13H15ClF3NO2. The van der Waals surface area contributed by atoms with E-state index in [1.54, 1.807) is 13.1 Å². The summed E-state index contributed by atoms with van der Waals surface area (Å²) in [5.41, 5.74) is 1.71. The number of hydrogen-bond donors (Lipinski definition) is 1. The molecule has 0 radical (unpaired) electrons. The number of benzene rings is 1. The van der Waals surface area contributed by atoms with Gasteiger partial charge in [-0.15, -0.1) is 0 Å². The van der Waals surface area contributed by atoms with Crippen LogP contribution in [0.1, 0.15) is 17.2 Å². The van der Waals surface area contributed by atoms with Gasteiger partial charge in [0.25, 0.3) is 0 Å². The van der Waals surface area contributed by atoms with Crippen LogP contribution in [0.4, 0.5) is 13.2 Å². The molecule has 1 aromatic carbocycles. The van der Waals surface area contributed by atoms with Gasteiger partial charge in [-0.3, -0.25) is 0 Å². The lowest BCUT2D eigenvalue weighted by Crippen LogP contribution is -2.26. The second-order valence-corrected chi connectivity index (χ2v) is 4.99. The fourth-order valence-corrected chi connectivity index (χ4v) is 2.43. The van der Waals surface area contributed by atoms with Crippen LogP contribution in [-0.2, 0) is 11.2 Å². The number of ether oxygens (including phenoxy) is 2. The zero-order valence-electron chi connectivity index (χ0n) is 10.9. The van der Waals surface area contributed by atoms with E-state index in [-0.39, 0.29) is 6.61 Å². The molecule has 2 rings (SSSR count). The van der Waals surface area contributed by atoms with Crippen LogP contribution >= 0.6 is 11.6 Å². The molecule has 0 aromatic heterocycles. The molecule has 0 fully saturated rings. The fourth-order valence-electron chi connectivity index (χ4n) is 2.18. The molecule has 20 heavy (non-hydrogen) atoms. The van der Waals surface area contributed by atoms with Crippen molar-refractivity contribution in [2.24, 2.45) is 0 Å². The Hall–Kier alpha value is -0.980. The molecule has 0 bridgehead atoms. The number of rotatable bonds is 5. The Balaban J connectivity index is 2.12. The Morgan fingerprint density at radius 3 is 2.85 bits per heavy atom. The summed E-state index contributed by atoms with van der Waals surface area (Å²) < 4.78 is 46.6. The Labute approximate surface area is 120 Å². The van der Waals surface area contributed by atoms with Crippen LogP contribution < -0.4 is 10.1 Å². The predicted molar refractivity (Wildman–Crippen MR) is 69.3 cm³/mol. The fraction of sp³-hybridized carbons (Fsp3) is 0.538. The van der Waals surface area contributed by atoms with Crippen molar-refractivity contribution in [3.63, 3.8) is 0 Å². The molecule has 1 aromatic rings. The van der Waals surface area contributed by atoms with Gasteiger partial charge in [0.15, 0.2) is 0 Å². The van der Waals surface area contributed by atoms with Gasteiger partial charge in [0, 0.05) is 17.0 Å². The van der Waals surface area contributed by atoms with E-state index < -0.39 is 18.8 Å². The summed E-state index contributed by atoms with van der Waals surface area (Å²) in [6.45, 7) is -0.816. The standard InChI is InChI=1S/C13H15ClF3NO2/c1-18-11(6-19-7-13(15,16)17)10-5-9(14)4-8-2-3-20-12(8)10/h4-5,11,18H,2-3,6-7H2,1H3. The average Bonchev–Trinajstić information content (AvgIpc) is 2.80. The van der Waals surface area contributed by atoms with Crippen molar-refractivity contribution < 1.29 is 22.6 Å². The molecule has 1 aliphatic rings. The third-order valence-electron chi connectivity index (χ3n) is 3.05. The molecule has 1 aliphatic heterocycles. The maximum absolute atomic E-state index is 12.1. The summed E-state index contributed by atoms with van der Waals surface area (Å²) >= 11 is 6.03. The molecule has 1 unspecified atom stereocenters. The minimum Gasteiger partial charge on any atom is -0.493 e. The van der Waals surface area contributed by atoms with Crippen molar-refractivity contribution in [1.82, 2.24) is 5.32 Å². The van der Waals surface area contributed by atoms with Crippen LogP contribution in [-0.4, -0.2) is 33.0 Å². The number of nitrogens with one attached hydrogen (secondary N) is 1. The lowest BCUT2D eigenvalue weighted by molar-refractivity contribution is -0.175. The van der Waals surface area contributed by atoms with Gasteiger partial charge in [-0.05, 0) is 24.7 Å². The second-order valence-electron chi connectivity index (χ2n) is 4.55. The summed E-state index contributed by atoms with van der Waals surface area (Å²) in [5.74, 6) is 0.698. The third kappa shape index (κ3) is 3.77. The highest BCUT2D eigenvalue weighted by atomic mass is 35.5. The number of hydrogen-bond acceptors (Lipinski definition) is 3. The molecule has 1 atom stereocenters. The monoisotopic (exact) mass is 309 g/mol. The van der Waals surface area contributed by atoms with Crippen molar-refractivity contribution in [1.29, 1.82) is 0 Å². The van der Waals surface area contributed by atoms with Crippen LogP contribution in [0.15, 0.2) is 12.1 Å². The quantitative estimate of drug-likeness (QED) is 0.906. The highest BCUT2D eigenvalue weighted by Gasteiger charge is 2.29. The molecule has 1 heterocycles. The second kappa shape index (κ2) is 6.20. The van der Waals surface area contributed by atoms with Crippen LogP contribution in [0, 0.1) is 0 Å².